The Labute approximate surface area is 138 Å². The summed E-state index contributed by atoms with van der Waals surface area (Å²) in [7, 11) is 0. The number of carbonyl (C=O) groups is 2. The van der Waals surface area contributed by atoms with E-state index in [-0.39, 0.29) is 17.6 Å². The Morgan fingerprint density at radius 2 is 1.83 bits per heavy atom. The molecule has 128 valence electrons. The van der Waals surface area contributed by atoms with Crippen LogP contribution in [-0.4, -0.2) is 29.3 Å². The first kappa shape index (κ1) is 19.1. The van der Waals surface area contributed by atoms with Crippen LogP contribution in [0.15, 0.2) is 24.3 Å². The molecule has 23 heavy (non-hydrogen) atoms. The maximum absolute atomic E-state index is 13.0. The van der Waals surface area contributed by atoms with Gasteiger partial charge in [0.25, 0.3) is 0 Å². The molecule has 1 atom stereocenters. The molecular formula is C18H27FN2O2. The predicted molar refractivity (Wildman–Crippen MR) is 89.2 cm³/mol. The third-order valence-corrected chi connectivity index (χ3v) is 3.78. The summed E-state index contributed by atoms with van der Waals surface area (Å²) in [5.41, 5.74) is 0.813. The molecule has 0 aromatic heterocycles. The molecule has 0 saturated carbocycles. The van der Waals surface area contributed by atoms with Gasteiger partial charge in [0.1, 0.15) is 11.9 Å². The van der Waals surface area contributed by atoms with Crippen LogP contribution in [0.1, 0.15) is 52.0 Å². The van der Waals surface area contributed by atoms with E-state index < -0.39 is 6.04 Å². The smallest absolute Gasteiger partial charge is 0.242 e. The van der Waals surface area contributed by atoms with Gasteiger partial charge in [0.2, 0.25) is 11.8 Å². The molecule has 0 fully saturated rings. The maximum Gasteiger partial charge on any atom is 0.242 e. The summed E-state index contributed by atoms with van der Waals surface area (Å²) in [5, 5.41) is 2.90. The minimum absolute atomic E-state index is 0.0770. The van der Waals surface area contributed by atoms with E-state index in [9.17, 15) is 14.0 Å². The number of amides is 2. The highest BCUT2D eigenvalue weighted by Gasteiger charge is 2.27. The molecule has 5 heteroatoms. The van der Waals surface area contributed by atoms with E-state index in [2.05, 4.69) is 12.2 Å². The summed E-state index contributed by atoms with van der Waals surface area (Å²) in [5.74, 6) is -0.511. The van der Waals surface area contributed by atoms with Crippen LogP contribution in [0.25, 0.3) is 0 Å². The Morgan fingerprint density at radius 1 is 1.17 bits per heavy atom. The standard InChI is InChI=1S/C18H27FN2O2/c1-4-7-12-20-18(23)16(5-2)21(17(22)6-3)13-14-8-10-15(19)11-9-14/h8-11,16H,4-7,12-13H2,1-3H3,(H,20,23)/t16-/m0/s1. The number of benzene rings is 1. The molecule has 4 nitrogen and oxygen atoms in total. The molecule has 1 rings (SSSR count). The van der Waals surface area contributed by atoms with E-state index in [1.54, 1.807) is 24.0 Å². The summed E-state index contributed by atoms with van der Waals surface area (Å²) in [4.78, 5) is 26.3. The van der Waals surface area contributed by atoms with Gasteiger partial charge in [-0.25, -0.2) is 4.39 Å². The lowest BCUT2D eigenvalue weighted by Crippen LogP contribution is -2.49. The average Bonchev–Trinajstić information content (AvgIpc) is 2.56. The highest BCUT2D eigenvalue weighted by molar-refractivity contribution is 5.87. The molecule has 1 N–H and O–H groups in total. The van der Waals surface area contributed by atoms with Crippen molar-refractivity contribution in [2.75, 3.05) is 6.54 Å². The number of rotatable bonds is 9. The summed E-state index contributed by atoms with van der Waals surface area (Å²) in [6.45, 7) is 6.67. The normalized spacial score (nSPS) is 11.8. The first-order valence-corrected chi connectivity index (χ1v) is 8.35. The monoisotopic (exact) mass is 322 g/mol. The summed E-state index contributed by atoms with van der Waals surface area (Å²) in [6.07, 6.45) is 2.80. The largest absolute Gasteiger partial charge is 0.354 e. The van der Waals surface area contributed by atoms with Gasteiger partial charge in [-0.1, -0.05) is 39.3 Å². The van der Waals surface area contributed by atoms with Crippen LogP contribution < -0.4 is 5.32 Å². The molecule has 0 unspecified atom stereocenters. The quantitative estimate of drug-likeness (QED) is 0.710. The van der Waals surface area contributed by atoms with E-state index in [1.807, 2.05) is 6.92 Å². The molecule has 0 aliphatic rings. The van der Waals surface area contributed by atoms with Crippen LogP contribution in [0.2, 0.25) is 0 Å². The molecule has 1 aromatic rings. The fourth-order valence-electron chi connectivity index (χ4n) is 2.42. The molecule has 0 heterocycles. The van der Waals surface area contributed by atoms with E-state index >= 15 is 0 Å². The zero-order chi connectivity index (χ0) is 17.2. The van der Waals surface area contributed by atoms with Crippen LogP contribution in [0.5, 0.6) is 0 Å². The summed E-state index contributed by atoms with van der Waals surface area (Å²) >= 11 is 0. The number of nitrogens with one attached hydrogen (secondary N) is 1. The Morgan fingerprint density at radius 3 is 2.35 bits per heavy atom. The molecule has 2 amide bonds. The van der Waals surface area contributed by atoms with Crippen molar-refractivity contribution in [2.45, 2.75) is 59.0 Å². The Balaban J connectivity index is 2.86. The van der Waals surface area contributed by atoms with Crippen LogP contribution in [0.3, 0.4) is 0 Å². The fourth-order valence-corrected chi connectivity index (χ4v) is 2.42. The first-order valence-electron chi connectivity index (χ1n) is 8.35. The van der Waals surface area contributed by atoms with E-state index in [0.717, 1.165) is 18.4 Å². The third kappa shape index (κ3) is 6.00. The first-order chi connectivity index (χ1) is 11.0. The number of unbranched alkanes of at least 4 members (excludes halogenated alkanes) is 1. The van der Waals surface area contributed by atoms with Gasteiger partial charge in [0.15, 0.2) is 0 Å². The van der Waals surface area contributed by atoms with Crippen molar-refractivity contribution >= 4 is 11.8 Å². The molecular weight excluding hydrogens is 295 g/mol. The maximum atomic E-state index is 13.0. The highest BCUT2D eigenvalue weighted by Crippen LogP contribution is 2.14. The van der Waals surface area contributed by atoms with Crippen molar-refractivity contribution in [3.05, 3.63) is 35.6 Å². The lowest BCUT2D eigenvalue weighted by molar-refractivity contribution is -0.141. The molecule has 0 bridgehead atoms. The zero-order valence-electron chi connectivity index (χ0n) is 14.3. The lowest BCUT2D eigenvalue weighted by atomic mass is 10.1. The number of hydrogen-bond donors (Lipinski definition) is 1. The van der Waals surface area contributed by atoms with Gasteiger partial charge in [-0.15, -0.1) is 0 Å². The van der Waals surface area contributed by atoms with Crippen LogP contribution in [-0.2, 0) is 16.1 Å². The number of nitrogens with zero attached hydrogens (tertiary/aromatic N) is 1. The van der Waals surface area contributed by atoms with Crippen molar-refractivity contribution in [2.24, 2.45) is 0 Å². The molecule has 0 aliphatic carbocycles. The number of hydrogen-bond acceptors (Lipinski definition) is 2. The van der Waals surface area contributed by atoms with Crippen LogP contribution in [0, 0.1) is 5.82 Å². The topological polar surface area (TPSA) is 49.4 Å². The van der Waals surface area contributed by atoms with Crippen molar-refractivity contribution in [1.29, 1.82) is 0 Å². The SMILES string of the molecule is CCCCNC(=O)[C@H](CC)N(Cc1ccc(F)cc1)C(=O)CC. The van der Waals surface area contributed by atoms with Gasteiger partial charge in [0.05, 0.1) is 0 Å². The van der Waals surface area contributed by atoms with Gasteiger partial charge < -0.3 is 10.2 Å². The van der Waals surface area contributed by atoms with Crippen molar-refractivity contribution in [3.63, 3.8) is 0 Å². The van der Waals surface area contributed by atoms with Gasteiger partial charge in [-0.3, -0.25) is 9.59 Å². The third-order valence-electron chi connectivity index (χ3n) is 3.78. The minimum Gasteiger partial charge on any atom is -0.354 e. The Kier molecular flexibility index (Phi) is 8.30. The Hall–Kier alpha value is -1.91. The van der Waals surface area contributed by atoms with E-state index in [0.29, 0.717) is 25.9 Å². The minimum atomic E-state index is -0.496. The number of carbonyl (C=O) groups excluding carboxylic acids is 2. The zero-order valence-corrected chi connectivity index (χ0v) is 14.3. The van der Waals surface area contributed by atoms with Crippen LogP contribution >= 0.6 is 0 Å². The second kappa shape index (κ2) is 9.98. The van der Waals surface area contributed by atoms with E-state index in [4.69, 9.17) is 0 Å². The second-order valence-corrected chi connectivity index (χ2v) is 5.57. The van der Waals surface area contributed by atoms with Gasteiger partial charge in [-0.2, -0.15) is 0 Å². The van der Waals surface area contributed by atoms with Gasteiger partial charge in [0, 0.05) is 19.5 Å². The Bertz CT molecular complexity index is 502. The van der Waals surface area contributed by atoms with Crippen LogP contribution in [0.4, 0.5) is 4.39 Å². The number of halogens is 1. The molecule has 0 radical (unpaired) electrons. The predicted octanol–water partition coefficient (Wildman–Crippen LogP) is 3.26. The van der Waals surface area contributed by atoms with Crippen molar-refractivity contribution in [3.8, 4) is 0 Å². The lowest BCUT2D eigenvalue weighted by Gasteiger charge is -2.30. The second-order valence-electron chi connectivity index (χ2n) is 5.57. The van der Waals surface area contributed by atoms with Crippen molar-refractivity contribution < 1.29 is 14.0 Å². The fraction of sp³-hybridized carbons (Fsp3) is 0.556. The molecule has 1 aromatic carbocycles. The molecule has 0 aliphatic heterocycles. The molecule has 0 spiro atoms. The van der Waals surface area contributed by atoms with Gasteiger partial charge >= 0.3 is 0 Å². The molecule has 0 saturated heterocycles. The average molecular weight is 322 g/mol. The highest BCUT2D eigenvalue weighted by atomic mass is 19.1. The summed E-state index contributed by atoms with van der Waals surface area (Å²) < 4.78 is 13.0. The van der Waals surface area contributed by atoms with Gasteiger partial charge in [-0.05, 0) is 30.5 Å². The van der Waals surface area contributed by atoms with E-state index in [1.165, 1.54) is 12.1 Å². The van der Waals surface area contributed by atoms with Crippen molar-refractivity contribution in [1.82, 2.24) is 10.2 Å². The summed E-state index contributed by atoms with van der Waals surface area (Å²) in [6, 6.07) is 5.53.